The van der Waals surface area contributed by atoms with E-state index < -0.39 is 5.60 Å². The molecule has 0 aromatic heterocycles. The van der Waals surface area contributed by atoms with Crippen LogP contribution in [0.4, 0.5) is 10.5 Å². The highest BCUT2D eigenvalue weighted by atomic mass is 16.6. The first-order chi connectivity index (χ1) is 11.8. The van der Waals surface area contributed by atoms with Crippen molar-refractivity contribution < 1.29 is 9.53 Å². The zero-order chi connectivity index (χ0) is 18.0. The Kier molecular flexibility index (Phi) is 4.49. The molecular formula is C22H23NO2. The fourth-order valence-electron chi connectivity index (χ4n) is 2.69. The van der Waals surface area contributed by atoms with Gasteiger partial charge in [0.2, 0.25) is 0 Å². The summed E-state index contributed by atoms with van der Waals surface area (Å²) in [6.45, 7) is 5.60. The third-order valence-corrected chi connectivity index (χ3v) is 3.99. The van der Waals surface area contributed by atoms with Crippen LogP contribution in [-0.2, 0) is 4.74 Å². The highest BCUT2D eigenvalue weighted by Crippen LogP contribution is 2.27. The van der Waals surface area contributed by atoms with E-state index in [2.05, 4.69) is 30.3 Å². The van der Waals surface area contributed by atoms with Crippen LogP contribution in [0.5, 0.6) is 0 Å². The van der Waals surface area contributed by atoms with Gasteiger partial charge in [-0.1, -0.05) is 48.5 Å². The predicted octanol–water partition coefficient (Wildman–Crippen LogP) is 5.88. The number of fused-ring (bicyclic) bond motifs is 1. The molecule has 128 valence electrons. The molecule has 25 heavy (non-hydrogen) atoms. The van der Waals surface area contributed by atoms with Gasteiger partial charge in [-0.3, -0.25) is 4.90 Å². The molecule has 3 aromatic carbocycles. The topological polar surface area (TPSA) is 29.5 Å². The third-order valence-electron chi connectivity index (χ3n) is 3.99. The average Bonchev–Trinajstić information content (AvgIpc) is 2.59. The van der Waals surface area contributed by atoms with Crippen molar-refractivity contribution in [1.82, 2.24) is 0 Å². The second kappa shape index (κ2) is 6.60. The predicted molar refractivity (Wildman–Crippen MR) is 104 cm³/mol. The van der Waals surface area contributed by atoms with E-state index in [1.54, 1.807) is 7.05 Å². The molecule has 0 heterocycles. The first-order valence-electron chi connectivity index (χ1n) is 8.39. The van der Waals surface area contributed by atoms with E-state index in [0.717, 1.165) is 16.5 Å². The molecule has 1 amide bonds. The lowest BCUT2D eigenvalue weighted by Gasteiger charge is -2.24. The van der Waals surface area contributed by atoms with Crippen LogP contribution in [0.1, 0.15) is 20.8 Å². The van der Waals surface area contributed by atoms with Crippen LogP contribution in [0, 0.1) is 0 Å². The van der Waals surface area contributed by atoms with E-state index in [9.17, 15) is 4.79 Å². The number of carbonyl (C=O) groups is 1. The molecule has 0 aliphatic rings. The Bertz CT molecular complexity index is 895. The monoisotopic (exact) mass is 333 g/mol. The van der Waals surface area contributed by atoms with Crippen LogP contribution in [0.3, 0.4) is 0 Å². The summed E-state index contributed by atoms with van der Waals surface area (Å²) in [5.41, 5.74) is 2.68. The summed E-state index contributed by atoms with van der Waals surface area (Å²) in [6.07, 6.45) is -0.354. The van der Waals surface area contributed by atoms with Gasteiger partial charge in [-0.15, -0.1) is 0 Å². The Morgan fingerprint density at radius 1 is 0.840 bits per heavy atom. The summed E-state index contributed by atoms with van der Waals surface area (Å²) in [5.74, 6) is 0. The Labute approximate surface area is 148 Å². The van der Waals surface area contributed by atoms with Gasteiger partial charge in [0.05, 0.1) is 0 Å². The maximum Gasteiger partial charge on any atom is 0.414 e. The van der Waals surface area contributed by atoms with E-state index in [0.29, 0.717) is 0 Å². The number of hydrogen-bond acceptors (Lipinski definition) is 2. The normalized spacial score (nSPS) is 11.4. The Hall–Kier alpha value is -2.81. The summed E-state index contributed by atoms with van der Waals surface area (Å²) in [4.78, 5) is 13.8. The van der Waals surface area contributed by atoms with Gasteiger partial charge in [0.15, 0.2) is 0 Å². The van der Waals surface area contributed by atoms with Gasteiger partial charge in [-0.25, -0.2) is 4.79 Å². The highest BCUT2D eigenvalue weighted by Gasteiger charge is 2.20. The van der Waals surface area contributed by atoms with Crippen LogP contribution in [0.25, 0.3) is 21.9 Å². The van der Waals surface area contributed by atoms with E-state index in [1.807, 2.05) is 57.2 Å². The van der Waals surface area contributed by atoms with Gasteiger partial charge in [0.1, 0.15) is 5.60 Å². The average molecular weight is 333 g/mol. The molecule has 3 aromatic rings. The maximum absolute atomic E-state index is 12.2. The number of amides is 1. The molecule has 0 unspecified atom stereocenters. The minimum absolute atomic E-state index is 0.354. The Morgan fingerprint density at radius 2 is 1.48 bits per heavy atom. The standard InChI is InChI=1S/C22H23NO2/c1-22(2,3)25-21(24)23(4)20-13-12-18-14-17(10-11-19(18)15-20)16-8-6-5-7-9-16/h5-15H,1-4H3. The Balaban J connectivity index is 1.89. The maximum atomic E-state index is 12.2. The van der Waals surface area contributed by atoms with Crippen LogP contribution < -0.4 is 4.90 Å². The Morgan fingerprint density at radius 3 is 2.16 bits per heavy atom. The quantitative estimate of drug-likeness (QED) is 0.586. The van der Waals surface area contributed by atoms with Crippen molar-refractivity contribution in [3.05, 3.63) is 66.7 Å². The molecular weight excluding hydrogens is 310 g/mol. The zero-order valence-corrected chi connectivity index (χ0v) is 15.1. The summed E-state index contributed by atoms with van der Waals surface area (Å²) in [7, 11) is 1.73. The molecule has 0 N–H and O–H groups in total. The molecule has 0 aliphatic heterocycles. The lowest BCUT2D eigenvalue weighted by molar-refractivity contribution is 0.0589. The minimum atomic E-state index is -0.507. The second-order valence-corrected chi connectivity index (χ2v) is 7.15. The summed E-state index contributed by atoms with van der Waals surface area (Å²) in [6, 6.07) is 22.7. The number of ether oxygens (including phenoxy) is 1. The number of anilines is 1. The van der Waals surface area contributed by atoms with Gasteiger partial charge in [-0.05, 0) is 60.9 Å². The van der Waals surface area contributed by atoms with Gasteiger partial charge in [0.25, 0.3) is 0 Å². The summed E-state index contributed by atoms with van der Waals surface area (Å²) >= 11 is 0. The van der Waals surface area contributed by atoms with Crippen molar-refractivity contribution in [2.24, 2.45) is 0 Å². The largest absolute Gasteiger partial charge is 0.443 e. The van der Waals surface area contributed by atoms with Gasteiger partial charge < -0.3 is 4.74 Å². The van der Waals surface area contributed by atoms with E-state index in [4.69, 9.17) is 4.74 Å². The first kappa shape index (κ1) is 17.0. The lowest BCUT2D eigenvalue weighted by Crippen LogP contribution is -2.34. The SMILES string of the molecule is CN(C(=O)OC(C)(C)C)c1ccc2cc(-c3ccccc3)ccc2c1. The number of carbonyl (C=O) groups excluding carboxylic acids is 1. The molecule has 0 radical (unpaired) electrons. The lowest BCUT2D eigenvalue weighted by atomic mass is 10.0. The van der Waals surface area contributed by atoms with E-state index in [-0.39, 0.29) is 6.09 Å². The van der Waals surface area contributed by atoms with Crippen LogP contribution in [0.2, 0.25) is 0 Å². The van der Waals surface area contributed by atoms with E-state index >= 15 is 0 Å². The van der Waals surface area contributed by atoms with Crippen LogP contribution in [0.15, 0.2) is 66.7 Å². The zero-order valence-electron chi connectivity index (χ0n) is 15.1. The van der Waals surface area contributed by atoms with Crippen molar-refractivity contribution in [1.29, 1.82) is 0 Å². The number of nitrogens with zero attached hydrogens (tertiary/aromatic N) is 1. The number of rotatable bonds is 2. The molecule has 0 bridgehead atoms. The third kappa shape index (κ3) is 4.00. The molecule has 0 fully saturated rings. The summed E-state index contributed by atoms with van der Waals surface area (Å²) in [5, 5.41) is 2.23. The molecule has 0 spiro atoms. The van der Waals surface area contributed by atoms with Gasteiger partial charge in [0, 0.05) is 12.7 Å². The molecule has 0 saturated carbocycles. The number of benzene rings is 3. The van der Waals surface area contributed by atoms with Crippen molar-refractivity contribution in [3.63, 3.8) is 0 Å². The van der Waals surface area contributed by atoms with Crippen LogP contribution >= 0.6 is 0 Å². The minimum Gasteiger partial charge on any atom is -0.443 e. The van der Waals surface area contributed by atoms with Crippen LogP contribution in [-0.4, -0.2) is 18.7 Å². The molecule has 3 heteroatoms. The number of hydrogen-bond donors (Lipinski definition) is 0. The fraction of sp³-hybridized carbons (Fsp3) is 0.227. The van der Waals surface area contributed by atoms with E-state index in [1.165, 1.54) is 16.0 Å². The molecule has 3 nitrogen and oxygen atoms in total. The molecule has 0 aliphatic carbocycles. The van der Waals surface area contributed by atoms with Crippen molar-refractivity contribution >= 4 is 22.6 Å². The van der Waals surface area contributed by atoms with Crippen molar-refractivity contribution in [2.45, 2.75) is 26.4 Å². The van der Waals surface area contributed by atoms with Gasteiger partial charge >= 0.3 is 6.09 Å². The molecule has 3 rings (SSSR count). The molecule has 0 saturated heterocycles. The smallest absolute Gasteiger partial charge is 0.414 e. The first-order valence-corrected chi connectivity index (χ1v) is 8.39. The highest BCUT2D eigenvalue weighted by molar-refractivity contribution is 5.94. The van der Waals surface area contributed by atoms with Crippen molar-refractivity contribution in [2.75, 3.05) is 11.9 Å². The van der Waals surface area contributed by atoms with Crippen molar-refractivity contribution in [3.8, 4) is 11.1 Å². The molecule has 0 atom stereocenters. The fourth-order valence-corrected chi connectivity index (χ4v) is 2.69. The van der Waals surface area contributed by atoms with Gasteiger partial charge in [-0.2, -0.15) is 0 Å². The summed E-state index contributed by atoms with van der Waals surface area (Å²) < 4.78 is 5.43. The second-order valence-electron chi connectivity index (χ2n) is 7.15.